The molecule has 1 aromatic heterocycles. The average Bonchev–Trinajstić information content (AvgIpc) is 2.74. The molecule has 1 N–H and O–H groups in total. The molecule has 0 aliphatic rings. The van der Waals surface area contributed by atoms with Crippen molar-refractivity contribution in [1.29, 1.82) is 5.26 Å². The molecule has 3 aromatic carbocycles. The predicted molar refractivity (Wildman–Crippen MR) is 109 cm³/mol. The van der Waals surface area contributed by atoms with Gasteiger partial charge >= 0.3 is 0 Å². The number of rotatable bonds is 3. The molecule has 5 heteroatoms. The number of benzene rings is 3. The highest BCUT2D eigenvalue weighted by molar-refractivity contribution is 6.11. The van der Waals surface area contributed by atoms with E-state index in [2.05, 4.69) is 21.4 Å². The second kappa shape index (κ2) is 7.29. The number of anilines is 1. The Morgan fingerprint density at radius 1 is 0.964 bits per heavy atom. The highest BCUT2D eigenvalue weighted by Crippen LogP contribution is 2.24. The van der Waals surface area contributed by atoms with Crippen LogP contribution in [0.25, 0.3) is 22.3 Å². The van der Waals surface area contributed by atoms with Crippen LogP contribution in [0.1, 0.15) is 21.6 Å². The summed E-state index contributed by atoms with van der Waals surface area (Å²) in [5.74, 6) is 0.105. The maximum Gasteiger partial charge on any atom is 0.275 e. The maximum absolute atomic E-state index is 13.1. The average molecular weight is 364 g/mol. The number of amides is 1. The topological polar surface area (TPSA) is 78.7 Å². The van der Waals surface area contributed by atoms with E-state index >= 15 is 0 Å². The van der Waals surface area contributed by atoms with Crippen LogP contribution in [-0.2, 0) is 0 Å². The number of para-hydroxylation sites is 1. The van der Waals surface area contributed by atoms with Crippen molar-refractivity contribution in [2.75, 3.05) is 5.32 Å². The number of hydrogen-bond donors (Lipinski definition) is 1. The van der Waals surface area contributed by atoms with Crippen LogP contribution in [0.3, 0.4) is 0 Å². The van der Waals surface area contributed by atoms with Crippen LogP contribution in [0.2, 0.25) is 0 Å². The summed E-state index contributed by atoms with van der Waals surface area (Å²) in [6.07, 6.45) is 0. The third-order valence-corrected chi connectivity index (χ3v) is 4.39. The smallest absolute Gasteiger partial charge is 0.275 e. The van der Waals surface area contributed by atoms with Crippen LogP contribution in [0, 0.1) is 18.3 Å². The number of nitrogens with zero attached hydrogens (tertiary/aromatic N) is 3. The number of aryl methyl sites for hydroxylation is 1. The maximum atomic E-state index is 13.1. The van der Waals surface area contributed by atoms with Crippen molar-refractivity contribution in [2.45, 2.75) is 6.92 Å². The molecule has 0 radical (unpaired) electrons. The van der Waals surface area contributed by atoms with Gasteiger partial charge in [0.1, 0.15) is 11.8 Å². The second-order valence-corrected chi connectivity index (χ2v) is 6.39. The minimum absolute atomic E-state index is 0.278. The van der Waals surface area contributed by atoms with E-state index in [-0.39, 0.29) is 11.6 Å². The van der Waals surface area contributed by atoms with Crippen molar-refractivity contribution in [3.05, 3.63) is 89.6 Å². The van der Waals surface area contributed by atoms with Crippen molar-refractivity contribution >= 4 is 22.5 Å². The first-order chi connectivity index (χ1) is 13.7. The van der Waals surface area contributed by atoms with Crippen LogP contribution < -0.4 is 5.32 Å². The monoisotopic (exact) mass is 364 g/mol. The molecular weight excluding hydrogens is 348 g/mol. The molecule has 134 valence electrons. The molecule has 0 unspecified atom stereocenters. The Kier molecular flexibility index (Phi) is 4.53. The van der Waals surface area contributed by atoms with E-state index in [0.717, 1.165) is 11.1 Å². The zero-order valence-electron chi connectivity index (χ0n) is 15.2. The lowest BCUT2D eigenvalue weighted by atomic mass is 10.1. The Balaban J connectivity index is 1.85. The van der Waals surface area contributed by atoms with Gasteiger partial charge in [0.15, 0.2) is 5.82 Å². The summed E-state index contributed by atoms with van der Waals surface area (Å²) in [6.45, 7) is 1.96. The summed E-state index contributed by atoms with van der Waals surface area (Å²) in [6, 6.07) is 24.2. The Labute approximate surface area is 162 Å². The van der Waals surface area contributed by atoms with Gasteiger partial charge in [-0.1, -0.05) is 54.1 Å². The summed E-state index contributed by atoms with van der Waals surface area (Å²) in [5.41, 5.74) is 3.66. The quantitative estimate of drug-likeness (QED) is 0.570. The van der Waals surface area contributed by atoms with E-state index in [0.29, 0.717) is 28.0 Å². The molecule has 0 aliphatic heterocycles. The van der Waals surface area contributed by atoms with Gasteiger partial charge in [-0.05, 0) is 31.2 Å². The number of hydrogen-bond acceptors (Lipinski definition) is 4. The minimum Gasteiger partial charge on any atom is -0.319 e. The van der Waals surface area contributed by atoms with Crippen LogP contribution in [0.4, 0.5) is 5.69 Å². The molecular formula is C23H16N4O. The van der Waals surface area contributed by atoms with E-state index in [1.165, 1.54) is 0 Å². The van der Waals surface area contributed by atoms with E-state index < -0.39 is 0 Å². The summed E-state index contributed by atoms with van der Waals surface area (Å²) < 4.78 is 0. The standard InChI is InChI=1S/C23H16N4O/c1-15-11-12-20-18(13-15)21(27-22(25-20)16-7-3-2-4-8-16)23(28)26-19-10-6-5-9-17(19)14-24/h2-13H,1H3,(H,26,28). The molecule has 4 aromatic rings. The van der Waals surface area contributed by atoms with Crippen molar-refractivity contribution in [3.63, 3.8) is 0 Å². The van der Waals surface area contributed by atoms with E-state index in [9.17, 15) is 10.1 Å². The van der Waals surface area contributed by atoms with Crippen molar-refractivity contribution < 1.29 is 4.79 Å². The third-order valence-electron chi connectivity index (χ3n) is 4.39. The molecule has 0 saturated heterocycles. The van der Waals surface area contributed by atoms with Crippen molar-refractivity contribution in [3.8, 4) is 17.5 Å². The molecule has 0 bridgehead atoms. The fourth-order valence-electron chi connectivity index (χ4n) is 3.00. The van der Waals surface area contributed by atoms with Crippen molar-refractivity contribution in [1.82, 2.24) is 9.97 Å². The Bertz CT molecular complexity index is 1230. The molecule has 0 aliphatic carbocycles. The molecule has 1 amide bonds. The number of fused-ring (bicyclic) bond motifs is 1. The summed E-state index contributed by atoms with van der Waals surface area (Å²) in [7, 11) is 0. The molecule has 1 heterocycles. The fraction of sp³-hybridized carbons (Fsp3) is 0.0435. The van der Waals surface area contributed by atoms with Crippen LogP contribution >= 0.6 is 0 Å². The zero-order chi connectivity index (χ0) is 19.5. The van der Waals surface area contributed by atoms with Crippen LogP contribution in [0.5, 0.6) is 0 Å². The van der Waals surface area contributed by atoms with Gasteiger partial charge in [-0.2, -0.15) is 5.26 Å². The highest BCUT2D eigenvalue weighted by atomic mass is 16.1. The zero-order valence-corrected chi connectivity index (χ0v) is 15.2. The first-order valence-corrected chi connectivity index (χ1v) is 8.80. The molecule has 0 atom stereocenters. The Morgan fingerprint density at radius 2 is 1.71 bits per heavy atom. The van der Waals surface area contributed by atoms with Gasteiger partial charge in [0.25, 0.3) is 5.91 Å². The van der Waals surface area contributed by atoms with Gasteiger partial charge in [-0.15, -0.1) is 0 Å². The van der Waals surface area contributed by atoms with Gasteiger partial charge in [-0.25, -0.2) is 9.97 Å². The SMILES string of the molecule is Cc1ccc2nc(-c3ccccc3)nc(C(=O)Nc3ccccc3C#N)c2c1. The number of nitrogens with one attached hydrogen (secondary N) is 1. The lowest BCUT2D eigenvalue weighted by Crippen LogP contribution is -2.16. The largest absolute Gasteiger partial charge is 0.319 e. The Morgan fingerprint density at radius 3 is 2.50 bits per heavy atom. The summed E-state index contributed by atoms with van der Waals surface area (Å²) >= 11 is 0. The van der Waals surface area contributed by atoms with E-state index in [1.54, 1.807) is 24.3 Å². The molecule has 0 fully saturated rings. The normalized spacial score (nSPS) is 10.4. The van der Waals surface area contributed by atoms with Gasteiger partial charge in [0.05, 0.1) is 16.8 Å². The summed E-state index contributed by atoms with van der Waals surface area (Å²) in [4.78, 5) is 22.3. The second-order valence-electron chi connectivity index (χ2n) is 6.39. The summed E-state index contributed by atoms with van der Waals surface area (Å²) in [5, 5.41) is 12.8. The number of aromatic nitrogens is 2. The molecule has 28 heavy (non-hydrogen) atoms. The molecule has 0 spiro atoms. The first-order valence-electron chi connectivity index (χ1n) is 8.80. The van der Waals surface area contributed by atoms with Gasteiger partial charge in [-0.3, -0.25) is 4.79 Å². The van der Waals surface area contributed by atoms with E-state index in [1.807, 2.05) is 55.5 Å². The molecule has 4 rings (SSSR count). The predicted octanol–water partition coefficient (Wildman–Crippen LogP) is 4.73. The van der Waals surface area contributed by atoms with Gasteiger partial charge < -0.3 is 5.32 Å². The van der Waals surface area contributed by atoms with E-state index in [4.69, 9.17) is 0 Å². The third kappa shape index (κ3) is 3.31. The minimum atomic E-state index is -0.377. The molecule has 5 nitrogen and oxygen atoms in total. The highest BCUT2D eigenvalue weighted by Gasteiger charge is 2.17. The lowest BCUT2D eigenvalue weighted by Gasteiger charge is -2.11. The van der Waals surface area contributed by atoms with Crippen molar-refractivity contribution in [2.24, 2.45) is 0 Å². The number of nitriles is 1. The number of carbonyl (C=O) groups excluding carboxylic acids is 1. The Hall–Kier alpha value is -4.04. The van der Waals surface area contributed by atoms with Gasteiger partial charge in [0, 0.05) is 10.9 Å². The molecule has 0 saturated carbocycles. The number of carbonyl (C=O) groups is 1. The fourth-order valence-corrected chi connectivity index (χ4v) is 3.00. The van der Waals surface area contributed by atoms with Gasteiger partial charge in [0.2, 0.25) is 0 Å². The van der Waals surface area contributed by atoms with Crippen LogP contribution in [0.15, 0.2) is 72.8 Å². The first kappa shape index (κ1) is 17.4. The lowest BCUT2D eigenvalue weighted by molar-refractivity contribution is 0.102. The van der Waals surface area contributed by atoms with Crippen LogP contribution in [-0.4, -0.2) is 15.9 Å².